The van der Waals surface area contributed by atoms with Crippen molar-refractivity contribution in [2.75, 3.05) is 36.9 Å². The Kier molecular flexibility index (Phi) is 6.69. The van der Waals surface area contributed by atoms with Crippen LogP contribution in [-0.2, 0) is 9.59 Å². The molecule has 1 saturated carbocycles. The average Bonchev–Trinajstić information content (AvgIpc) is 2.80. The van der Waals surface area contributed by atoms with Crippen LogP contribution in [0.15, 0.2) is 0 Å². The fraction of sp³-hybridized carbons (Fsp3) is 0.769. The molecule has 6 nitrogen and oxygen atoms in total. The van der Waals surface area contributed by atoms with E-state index in [1.165, 1.54) is 29.9 Å². The predicted octanol–water partition coefficient (Wildman–Crippen LogP) is 0.673. The van der Waals surface area contributed by atoms with E-state index in [-0.39, 0.29) is 22.8 Å². The van der Waals surface area contributed by atoms with Crippen molar-refractivity contribution in [3.05, 3.63) is 0 Å². The van der Waals surface area contributed by atoms with Gasteiger partial charge in [-0.1, -0.05) is 11.8 Å². The van der Waals surface area contributed by atoms with Gasteiger partial charge >= 0.3 is 0 Å². The van der Waals surface area contributed by atoms with Crippen LogP contribution in [0.25, 0.3) is 0 Å². The van der Waals surface area contributed by atoms with E-state index in [0.717, 1.165) is 25.1 Å². The van der Waals surface area contributed by atoms with Crippen molar-refractivity contribution in [2.45, 2.75) is 25.3 Å². The number of amides is 3. The summed E-state index contributed by atoms with van der Waals surface area (Å²) in [5.74, 6) is 1.36. The zero-order valence-corrected chi connectivity index (χ0v) is 13.6. The molecule has 8 heteroatoms. The lowest BCUT2D eigenvalue weighted by atomic mass is 9.93. The molecule has 3 amide bonds. The van der Waals surface area contributed by atoms with E-state index >= 15 is 0 Å². The zero-order chi connectivity index (χ0) is 15.1. The Morgan fingerprint density at radius 3 is 2.67 bits per heavy atom. The van der Waals surface area contributed by atoms with Gasteiger partial charge in [0.15, 0.2) is 0 Å². The van der Waals surface area contributed by atoms with Crippen LogP contribution >= 0.6 is 23.5 Å². The standard InChI is InChI=1S/C13H21N3O3S2/c17-11(14-4-5-16-6-7-21-13(16)19)8-20-9-12(18)15-10-2-1-3-10/h10H,1-9H2,(H,14,17)(H,15,18). The smallest absolute Gasteiger partial charge is 0.281 e. The highest BCUT2D eigenvalue weighted by Gasteiger charge is 2.21. The van der Waals surface area contributed by atoms with Gasteiger partial charge in [-0.25, -0.2) is 0 Å². The summed E-state index contributed by atoms with van der Waals surface area (Å²) in [6.45, 7) is 1.79. The van der Waals surface area contributed by atoms with Gasteiger partial charge < -0.3 is 15.5 Å². The largest absolute Gasteiger partial charge is 0.354 e. The first-order valence-corrected chi connectivity index (χ1v) is 9.34. The molecule has 0 aromatic heterocycles. The number of hydrogen-bond acceptors (Lipinski definition) is 5. The van der Waals surface area contributed by atoms with Gasteiger partial charge in [-0.05, 0) is 19.3 Å². The van der Waals surface area contributed by atoms with Crippen LogP contribution in [0.5, 0.6) is 0 Å². The van der Waals surface area contributed by atoms with E-state index in [4.69, 9.17) is 0 Å². The van der Waals surface area contributed by atoms with Gasteiger partial charge in [-0.2, -0.15) is 0 Å². The Bertz CT molecular complexity index is 402. The number of nitrogens with one attached hydrogen (secondary N) is 2. The van der Waals surface area contributed by atoms with Crippen LogP contribution in [0.2, 0.25) is 0 Å². The van der Waals surface area contributed by atoms with E-state index in [0.29, 0.717) is 24.9 Å². The Morgan fingerprint density at radius 2 is 2.05 bits per heavy atom. The van der Waals surface area contributed by atoms with Gasteiger partial charge in [0.1, 0.15) is 0 Å². The summed E-state index contributed by atoms with van der Waals surface area (Å²) in [6, 6.07) is 0.350. The summed E-state index contributed by atoms with van der Waals surface area (Å²) in [7, 11) is 0. The SMILES string of the molecule is O=C(CSCC(=O)NC1CCC1)NCCN1CCSC1=O. The van der Waals surface area contributed by atoms with Crippen molar-refractivity contribution in [1.82, 2.24) is 15.5 Å². The van der Waals surface area contributed by atoms with Crippen LogP contribution in [0.4, 0.5) is 4.79 Å². The molecular weight excluding hydrogens is 310 g/mol. The summed E-state index contributed by atoms with van der Waals surface area (Å²) < 4.78 is 0. The summed E-state index contributed by atoms with van der Waals surface area (Å²) in [5.41, 5.74) is 0. The number of carbonyl (C=O) groups excluding carboxylic acids is 3. The first-order valence-electron chi connectivity index (χ1n) is 7.20. The van der Waals surface area contributed by atoms with E-state index in [9.17, 15) is 14.4 Å². The van der Waals surface area contributed by atoms with Gasteiger partial charge in [0.2, 0.25) is 11.8 Å². The minimum Gasteiger partial charge on any atom is -0.354 e. The molecule has 0 bridgehead atoms. The highest BCUT2D eigenvalue weighted by Crippen LogP contribution is 2.18. The van der Waals surface area contributed by atoms with Gasteiger partial charge in [0.25, 0.3) is 5.24 Å². The summed E-state index contributed by atoms with van der Waals surface area (Å²) >= 11 is 2.64. The molecule has 0 aromatic carbocycles. The molecule has 0 aromatic rings. The van der Waals surface area contributed by atoms with Crippen molar-refractivity contribution in [2.24, 2.45) is 0 Å². The maximum atomic E-state index is 11.6. The van der Waals surface area contributed by atoms with Crippen LogP contribution in [-0.4, -0.2) is 64.9 Å². The molecule has 2 N–H and O–H groups in total. The molecular formula is C13H21N3O3S2. The molecule has 2 fully saturated rings. The molecule has 21 heavy (non-hydrogen) atoms. The van der Waals surface area contributed by atoms with E-state index in [2.05, 4.69) is 10.6 Å². The molecule has 118 valence electrons. The molecule has 0 spiro atoms. The van der Waals surface area contributed by atoms with Gasteiger partial charge in [-0.3, -0.25) is 14.4 Å². The van der Waals surface area contributed by atoms with Crippen molar-refractivity contribution in [3.8, 4) is 0 Å². The topological polar surface area (TPSA) is 78.5 Å². The van der Waals surface area contributed by atoms with Gasteiger partial charge in [-0.15, -0.1) is 11.8 Å². The third-order valence-electron chi connectivity index (χ3n) is 3.49. The number of carbonyl (C=O) groups is 3. The molecule has 1 heterocycles. The first-order chi connectivity index (χ1) is 10.1. The zero-order valence-electron chi connectivity index (χ0n) is 11.9. The molecule has 1 saturated heterocycles. The van der Waals surface area contributed by atoms with Crippen molar-refractivity contribution >= 4 is 40.6 Å². The van der Waals surface area contributed by atoms with Crippen molar-refractivity contribution in [3.63, 3.8) is 0 Å². The second-order valence-electron chi connectivity index (χ2n) is 5.14. The Hall–Kier alpha value is -0.890. The lowest BCUT2D eigenvalue weighted by Gasteiger charge is -2.26. The number of rotatable bonds is 8. The van der Waals surface area contributed by atoms with E-state index in [1.54, 1.807) is 4.90 Å². The highest BCUT2D eigenvalue weighted by atomic mass is 32.2. The lowest BCUT2D eigenvalue weighted by Crippen LogP contribution is -2.40. The Morgan fingerprint density at radius 1 is 1.29 bits per heavy atom. The molecule has 1 aliphatic heterocycles. The third-order valence-corrected chi connectivity index (χ3v) is 5.31. The Labute approximate surface area is 133 Å². The van der Waals surface area contributed by atoms with Crippen LogP contribution in [0.3, 0.4) is 0 Å². The monoisotopic (exact) mass is 331 g/mol. The fourth-order valence-corrected chi connectivity index (χ4v) is 3.58. The van der Waals surface area contributed by atoms with Crippen LogP contribution in [0.1, 0.15) is 19.3 Å². The predicted molar refractivity (Wildman–Crippen MR) is 85.5 cm³/mol. The van der Waals surface area contributed by atoms with Crippen molar-refractivity contribution in [1.29, 1.82) is 0 Å². The van der Waals surface area contributed by atoms with Crippen LogP contribution in [0, 0.1) is 0 Å². The highest BCUT2D eigenvalue weighted by molar-refractivity contribution is 8.13. The average molecular weight is 331 g/mol. The minimum atomic E-state index is -0.0873. The molecule has 1 aliphatic carbocycles. The summed E-state index contributed by atoms with van der Waals surface area (Å²) in [4.78, 5) is 36.2. The second-order valence-corrected chi connectivity index (χ2v) is 7.17. The second kappa shape index (κ2) is 8.53. The fourth-order valence-electron chi connectivity index (χ4n) is 2.07. The molecule has 0 radical (unpaired) electrons. The molecule has 0 unspecified atom stereocenters. The van der Waals surface area contributed by atoms with Crippen molar-refractivity contribution < 1.29 is 14.4 Å². The maximum Gasteiger partial charge on any atom is 0.281 e. The van der Waals surface area contributed by atoms with Gasteiger partial charge in [0.05, 0.1) is 11.5 Å². The number of hydrogen-bond donors (Lipinski definition) is 2. The lowest BCUT2D eigenvalue weighted by molar-refractivity contribution is -0.119. The minimum absolute atomic E-state index is 0.0113. The summed E-state index contributed by atoms with van der Waals surface area (Å²) in [5, 5.41) is 5.80. The molecule has 2 rings (SSSR count). The first kappa shape index (κ1) is 16.5. The van der Waals surface area contributed by atoms with Crippen LogP contribution < -0.4 is 10.6 Å². The van der Waals surface area contributed by atoms with E-state index in [1.807, 2.05) is 0 Å². The molecule has 0 atom stereocenters. The van der Waals surface area contributed by atoms with Gasteiger partial charge in [0, 0.05) is 31.4 Å². The molecule has 2 aliphatic rings. The summed E-state index contributed by atoms with van der Waals surface area (Å²) in [6.07, 6.45) is 3.34. The van der Waals surface area contributed by atoms with E-state index < -0.39 is 0 Å². The number of nitrogens with zero attached hydrogens (tertiary/aromatic N) is 1. The quantitative estimate of drug-likeness (QED) is 0.684. The maximum absolute atomic E-state index is 11.6. The normalized spacial score (nSPS) is 18.5. The Balaban J connectivity index is 1.47. The third kappa shape index (κ3) is 5.78. The number of thioether (sulfide) groups is 2.